The second-order valence-corrected chi connectivity index (χ2v) is 11.8. The Balaban J connectivity index is 1.31. The fraction of sp³-hybridized carbons (Fsp3) is 0.517. The van der Waals surface area contributed by atoms with E-state index in [1.165, 1.54) is 38.6 Å². The Kier molecular flexibility index (Phi) is 8.88. The molecule has 2 aliphatic rings. The van der Waals surface area contributed by atoms with Gasteiger partial charge in [-0.25, -0.2) is 4.79 Å². The maximum absolute atomic E-state index is 12.4. The molecule has 1 aliphatic carbocycles. The highest BCUT2D eigenvalue weighted by atomic mass is 35.5. The number of rotatable bonds is 10. The minimum absolute atomic E-state index is 0.0385. The van der Waals surface area contributed by atoms with Crippen molar-refractivity contribution in [1.29, 1.82) is 0 Å². The zero-order chi connectivity index (χ0) is 28.4. The minimum Gasteiger partial charge on any atom is -0.490 e. The second-order valence-electron chi connectivity index (χ2n) is 11.0. The van der Waals surface area contributed by atoms with Crippen molar-refractivity contribution in [1.82, 2.24) is 5.32 Å². The molecule has 1 fully saturated rings. The molecule has 4 rings (SSSR count). The molecule has 1 amide bonds. The Labute approximate surface area is 238 Å². The summed E-state index contributed by atoms with van der Waals surface area (Å²) < 4.78 is 17.7. The number of ether oxygens (including phenoxy) is 3. The third-order valence-electron chi connectivity index (χ3n) is 7.60. The van der Waals surface area contributed by atoms with Gasteiger partial charge in [-0.15, -0.1) is 0 Å². The third kappa shape index (κ3) is 6.91. The van der Waals surface area contributed by atoms with E-state index in [4.69, 9.17) is 37.4 Å². The van der Waals surface area contributed by atoms with Crippen molar-refractivity contribution in [3.05, 3.63) is 51.5 Å². The second kappa shape index (κ2) is 11.8. The predicted octanol–water partition coefficient (Wildman–Crippen LogP) is 5.68. The first-order valence-corrected chi connectivity index (χ1v) is 13.9. The number of hydrogen-bond donors (Lipinski definition) is 3. The summed E-state index contributed by atoms with van der Waals surface area (Å²) in [5, 5.41) is 23.4. The van der Waals surface area contributed by atoms with Crippen LogP contribution in [-0.4, -0.2) is 53.1 Å². The van der Waals surface area contributed by atoms with E-state index in [-0.39, 0.29) is 34.3 Å². The van der Waals surface area contributed by atoms with Crippen molar-refractivity contribution in [3.63, 3.8) is 0 Å². The van der Waals surface area contributed by atoms with E-state index in [2.05, 4.69) is 5.32 Å². The molecule has 0 saturated heterocycles. The van der Waals surface area contributed by atoms with Gasteiger partial charge in [-0.2, -0.15) is 0 Å². The smallest absolute Gasteiger partial charge is 0.347 e. The zero-order valence-corrected chi connectivity index (χ0v) is 23.9. The molecule has 0 bridgehead atoms. The molecule has 1 unspecified atom stereocenters. The number of benzene rings is 2. The molecule has 1 heterocycles. The Bertz CT molecular complexity index is 1220. The van der Waals surface area contributed by atoms with Gasteiger partial charge in [0.05, 0.1) is 16.7 Å². The van der Waals surface area contributed by atoms with Gasteiger partial charge in [0, 0.05) is 24.6 Å². The van der Waals surface area contributed by atoms with E-state index >= 15 is 0 Å². The van der Waals surface area contributed by atoms with Gasteiger partial charge in [0.2, 0.25) is 0 Å². The summed E-state index contributed by atoms with van der Waals surface area (Å²) in [6, 6.07) is 8.56. The SMILES string of the molecule is CNC(=O)c1cc(Cl)c(OC(C)(C)C(=O)O)cc1OCC(O)CCC1CCC2(CC1)Cc1cc(Cl)ccc1O2. The average molecular weight is 581 g/mol. The van der Waals surface area contributed by atoms with Crippen molar-refractivity contribution in [3.8, 4) is 17.2 Å². The average Bonchev–Trinajstić information content (AvgIpc) is 3.24. The number of carbonyl (C=O) groups is 2. The van der Waals surface area contributed by atoms with Crippen LogP contribution in [0.5, 0.6) is 17.2 Å². The van der Waals surface area contributed by atoms with Crippen LogP contribution in [-0.2, 0) is 11.2 Å². The zero-order valence-electron chi connectivity index (χ0n) is 22.4. The van der Waals surface area contributed by atoms with Crippen LogP contribution < -0.4 is 19.5 Å². The Hall–Kier alpha value is -2.68. The van der Waals surface area contributed by atoms with Gasteiger partial charge in [0.25, 0.3) is 5.91 Å². The molecule has 0 radical (unpaired) electrons. The standard InChI is InChI=1S/C29H35Cl2NO7/c1-28(2,27(35)36)38-25-14-24(21(13-22(25)31)26(34)32-3)37-16-20(33)6-4-17-8-10-29(11-9-17)15-18-12-19(30)5-7-23(18)39-29/h5,7,12-14,17,20,33H,4,6,8-11,15-16H2,1-3H3,(H,32,34)(H,35,36). The van der Waals surface area contributed by atoms with Crippen molar-refractivity contribution < 1.29 is 34.0 Å². The van der Waals surface area contributed by atoms with Crippen LogP contribution >= 0.6 is 23.2 Å². The summed E-state index contributed by atoms with van der Waals surface area (Å²) in [5.74, 6) is 0.0248. The summed E-state index contributed by atoms with van der Waals surface area (Å²) in [6.07, 6.45) is 5.51. The minimum atomic E-state index is -1.55. The molecule has 10 heteroatoms. The molecule has 39 heavy (non-hydrogen) atoms. The molecular formula is C29H35Cl2NO7. The van der Waals surface area contributed by atoms with Gasteiger partial charge in [-0.1, -0.05) is 23.2 Å². The molecule has 212 valence electrons. The Morgan fingerprint density at radius 3 is 2.56 bits per heavy atom. The number of amides is 1. The Morgan fingerprint density at radius 1 is 1.18 bits per heavy atom. The molecule has 2 aromatic carbocycles. The fourth-order valence-corrected chi connectivity index (χ4v) is 5.63. The van der Waals surface area contributed by atoms with Crippen molar-refractivity contribution >= 4 is 35.1 Å². The normalized spacial score (nSPS) is 21.1. The number of carbonyl (C=O) groups excluding carboxylic acids is 1. The van der Waals surface area contributed by atoms with Gasteiger partial charge in [-0.3, -0.25) is 4.79 Å². The monoisotopic (exact) mass is 579 g/mol. The van der Waals surface area contributed by atoms with Gasteiger partial charge in [0.15, 0.2) is 5.60 Å². The van der Waals surface area contributed by atoms with Crippen LogP contribution in [0.1, 0.15) is 68.3 Å². The number of aliphatic hydroxyl groups excluding tert-OH is 1. The maximum Gasteiger partial charge on any atom is 0.347 e. The number of hydrogen-bond acceptors (Lipinski definition) is 6. The fourth-order valence-electron chi connectivity index (χ4n) is 5.23. The van der Waals surface area contributed by atoms with Crippen molar-refractivity contribution in [2.45, 2.75) is 76.1 Å². The lowest BCUT2D eigenvalue weighted by Gasteiger charge is -2.36. The van der Waals surface area contributed by atoms with Crippen molar-refractivity contribution in [2.75, 3.05) is 13.7 Å². The van der Waals surface area contributed by atoms with Gasteiger partial charge >= 0.3 is 5.97 Å². The van der Waals surface area contributed by atoms with Gasteiger partial charge < -0.3 is 29.7 Å². The summed E-state index contributed by atoms with van der Waals surface area (Å²) >= 11 is 12.4. The summed E-state index contributed by atoms with van der Waals surface area (Å²) in [4.78, 5) is 23.9. The molecule has 8 nitrogen and oxygen atoms in total. The largest absolute Gasteiger partial charge is 0.490 e. The van der Waals surface area contributed by atoms with Crippen LogP contribution in [0.2, 0.25) is 10.0 Å². The predicted molar refractivity (Wildman–Crippen MR) is 148 cm³/mol. The molecule has 1 saturated carbocycles. The van der Waals surface area contributed by atoms with E-state index in [1.54, 1.807) is 0 Å². The van der Waals surface area contributed by atoms with E-state index in [0.717, 1.165) is 49.3 Å². The van der Waals surface area contributed by atoms with Crippen LogP contribution in [0.15, 0.2) is 30.3 Å². The topological polar surface area (TPSA) is 114 Å². The first kappa shape index (κ1) is 29.3. The molecule has 1 aliphatic heterocycles. The number of nitrogens with one attached hydrogen (secondary N) is 1. The van der Waals surface area contributed by atoms with E-state index < -0.39 is 23.6 Å². The van der Waals surface area contributed by atoms with Crippen LogP contribution in [0.4, 0.5) is 0 Å². The highest BCUT2D eigenvalue weighted by Gasteiger charge is 2.42. The highest BCUT2D eigenvalue weighted by molar-refractivity contribution is 6.32. The molecule has 1 atom stereocenters. The van der Waals surface area contributed by atoms with Crippen LogP contribution in [0, 0.1) is 5.92 Å². The summed E-state index contributed by atoms with van der Waals surface area (Å²) in [5.41, 5.74) is -0.364. The first-order valence-electron chi connectivity index (χ1n) is 13.2. The molecule has 3 N–H and O–H groups in total. The number of aliphatic hydroxyl groups is 1. The summed E-state index contributed by atoms with van der Waals surface area (Å²) in [6.45, 7) is 2.75. The van der Waals surface area contributed by atoms with Crippen LogP contribution in [0.25, 0.3) is 0 Å². The lowest BCUT2D eigenvalue weighted by Crippen LogP contribution is -2.38. The lowest BCUT2D eigenvalue weighted by atomic mass is 9.75. The number of halogens is 2. The van der Waals surface area contributed by atoms with Gasteiger partial charge in [0.1, 0.15) is 29.5 Å². The maximum atomic E-state index is 12.4. The molecule has 2 aromatic rings. The molecule has 0 aromatic heterocycles. The van der Waals surface area contributed by atoms with Crippen LogP contribution in [0.3, 0.4) is 0 Å². The van der Waals surface area contributed by atoms with E-state index in [0.29, 0.717) is 12.3 Å². The third-order valence-corrected chi connectivity index (χ3v) is 8.13. The molecular weight excluding hydrogens is 545 g/mol. The van der Waals surface area contributed by atoms with Crippen molar-refractivity contribution in [2.24, 2.45) is 5.92 Å². The molecule has 1 spiro atoms. The number of fused-ring (bicyclic) bond motifs is 1. The highest BCUT2D eigenvalue weighted by Crippen LogP contribution is 2.46. The van der Waals surface area contributed by atoms with Gasteiger partial charge in [-0.05, 0) is 88.1 Å². The number of carboxylic acids is 1. The lowest BCUT2D eigenvalue weighted by molar-refractivity contribution is -0.152. The first-order chi connectivity index (χ1) is 18.4. The number of carboxylic acid groups (broad SMARTS) is 1. The van der Waals surface area contributed by atoms with E-state index in [1.807, 2.05) is 18.2 Å². The number of aliphatic carboxylic acids is 1. The Morgan fingerprint density at radius 2 is 1.90 bits per heavy atom. The summed E-state index contributed by atoms with van der Waals surface area (Å²) in [7, 11) is 1.48. The quantitative estimate of drug-likeness (QED) is 0.331. The van der Waals surface area contributed by atoms with E-state index in [9.17, 15) is 19.8 Å².